The number of hydrogen-bond donors (Lipinski definition) is 1. The van der Waals surface area contributed by atoms with Crippen LogP contribution in [0.5, 0.6) is 0 Å². The lowest BCUT2D eigenvalue weighted by atomic mass is 10.1. The molecule has 1 unspecified atom stereocenters. The zero-order chi connectivity index (χ0) is 16.4. The lowest BCUT2D eigenvalue weighted by molar-refractivity contribution is -0.917. The normalized spacial score (nSPS) is 12.8. The van der Waals surface area contributed by atoms with E-state index in [2.05, 4.69) is 38.1 Å². The van der Waals surface area contributed by atoms with E-state index < -0.39 is 0 Å². The number of aromatic nitrogens is 3. The second kappa shape index (κ2) is 6.68. The molecule has 23 heavy (non-hydrogen) atoms. The van der Waals surface area contributed by atoms with E-state index in [1.54, 1.807) is 6.33 Å². The summed E-state index contributed by atoms with van der Waals surface area (Å²) in [5.74, 6) is 1.08. The van der Waals surface area contributed by atoms with Gasteiger partial charge in [0.2, 0.25) is 4.77 Å². The van der Waals surface area contributed by atoms with E-state index in [0.29, 0.717) is 0 Å². The number of nitrogens with one attached hydrogen (secondary N) is 1. The molecule has 0 radical (unpaired) electrons. The summed E-state index contributed by atoms with van der Waals surface area (Å²) in [5.41, 5.74) is 2.26. The molecule has 0 aliphatic rings. The summed E-state index contributed by atoms with van der Waals surface area (Å²) in [6.07, 6.45) is 2.71. The molecule has 122 valence electrons. The molecule has 0 spiro atoms. The van der Waals surface area contributed by atoms with Crippen LogP contribution >= 0.6 is 12.2 Å². The van der Waals surface area contributed by atoms with Crippen LogP contribution in [0.2, 0.25) is 0 Å². The Morgan fingerprint density at radius 1 is 1.26 bits per heavy atom. The maximum Gasteiger partial charge on any atom is 0.202 e. The van der Waals surface area contributed by atoms with E-state index in [0.717, 1.165) is 42.3 Å². The van der Waals surface area contributed by atoms with Crippen LogP contribution < -0.4 is 4.90 Å². The highest BCUT2D eigenvalue weighted by atomic mass is 32.1. The molecular weight excluding hydrogens is 308 g/mol. The average molecular weight is 331 g/mol. The van der Waals surface area contributed by atoms with Crippen molar-refractivity contribution in [2.45, 2.75) is 40.0 Å². The van der Waals surface area contributed by atoms with Gasteiger partial charge in [-0.3, -0.25) is 0 Å². The van der Waals surface area contributed by atoms with Gasteiger partial charge in [0.1, 0.15) is 24.2 Å². The summed E-state index contributed by atoms with van der Waals surface area (Å²) in [6.45, 7) is 6.69. The van der Waals surface area contributed by atoms with Crippen LogP contribution in [0, 0.1) is 4.77 Å². The molecule has 2 aromatic heterocycles. The smallest absolute Gasteiger partial charge is 0.202 e. The van der Waals surface area contributed by atoms with E-state index in [4.69, 9.17) is 16.6 Å². The van der Waals surface area contributed by atoms with E-state index >= 15 is 0 Å². The van der Waals surface area contributed by atoms with E-state index in [9.17, 15) is 0 Å². The summed E-state index contributed by atoms with van der Waals surface area (Å²) >= 11 is 5.45. The van der Waals surface area contributed by atoms with Gasteiger partial charge >= 0.3 is 0 Å². The third-order valence-electron chi connectivity index (χ3n) is 4.14. The number of para-hydroxylation sites is 1. The van der Waals surface area contributed by atoms with Crippen molar-refractivity contribution in [3.63, 3.8) is 0 Å². The number of nitrogens with zero attached hydrogens (tertiary/aromatic N) is 3. The molecule has 6 heteroatoms. The zero-order valence-corrected chi connectivity index (χ0v) is 14.7. The maximum absolute atomic E-state index is 5.98. The molecular formula is C17H23N4OS+. The average Bonchev–Trinajstić information content (AvgIpc) is 3.09. The highest BCUT2D eigenvalue weighted by molar-refractivity contribution is 7.71. The van der Waals surface area contributed by atoms with E-state index in [1.807, 2.05) is 21.4 Å². The monoisotopic (exact) mass is 331 g/mol. The Morgan fingerprint density at radius 3 is 2.74 bits per heavy atom. The molecule has 0 amide bonds. The highest BCUT2D eigenvalue weighted by Crippen LogP contribution is 2.25. The fourth-order valence-electron chi connectivity index (χ4n) is 2.94. The van der Waals surface area contributed by atoms with Crippen LogP contribution in [0.25, 0.3) is 11.0 Å². The third kappa shape index (κ3) is 3.09. The number of furan rings is 1. The van der Waals surface area contributed by atoms with E-state index in [-0.39, 0.29) is 0 Å². The van der Waals surface area contributed by atoms with Crippen LogP contribution in [0.15, 0.2) is 35.0 Å². The highest BCUT2D eigenvalue weighted by Gasteiger charge is 2.17. The van der Waals surface area contributed by atoms with Crippen molar-refractivity contribution in [3.05, 3.63) is 46.7 Å². The largest absolute Gasteiger partial charge is 0.461 e. The molecule has 5 nitrogen and oxygen atoms in total. The van der Waals surface area contributed by atoms with Crippen molar-refractivity contribution in [3.8, 4) is 0 Å². The van der Waals surface area contributed by atoms with E-state index in [1.165, 1.54) is 15.8 Å². The molecule has 0 aliphatic carbocycles. The van der Waals surface area contributed by atoms with Crippen molar-refractivity contribution in [1.82, 2.24) is 14.3 Å². The number of benzene rings is 1. The Balaban J connectivity index is 1.83. The Morgan fingerprint density at radius 2 is 2.04 bits per heavy atom. The van der Waals surface area contributed by atoms with Crippen LogP contribution in [0.1, 0.15) is 25.2 Å². The van der Waals surface area contributed by atoms with Crippen molar-refractivity contribution in [2.75, 3.05) is 7.05 Å². The van der Waals surface area contributed by atoms with Gasteiger partial charge in [-0.15, -0.1) is 0 Å². The van der Waals surface area contributed by atoms with Crippen LogP contribution in [0.4, 0.5) is 0 Å². The number of aryl methyl sites for hydroxylation is 2. The minimum atomic E-state index is 0.745. The molecule has 1 aromatic carbocycles. The molecule has 0 aliphatic heterocycles. The second-order valence-electron chi connectivity index (χ2n) is 5.84. The van der Waals surface area contributed by atoms with Crippen LogP contribution in [-0.4, -0.2) is 21.4 Å². The number of quaternary nitrogens is 1. The molecule has 0 bridgehead atoms. The van der Waals surface area contributed by atoms with Crippen molar-refractivity contribution >= 4 is 23.2 Å². The Bertz CT molecular complexity index is 861. The Hall–Kier alpha value is -1.92. The van der Waals surface area contributed by atoms with Gasteiger partial charge in [-0.05, 0) is 25.2 Å². The zero-order valence-electron chi connectivity index (χ0n) is 13.9. The standard InChI is InChI=1S/C17H22N4OS/c1-4-15-14(13-8-6-7-9-16(13)22-15)10-19(3)12-21-17(23)20(5-2)11-18-21/h6-9,11H,4-5,10,12H2,1-3H3/p+1. The van der Waals surface area contributed by atoms with Crippen LogP contribution in [-0.2, 0) is 26.2 Å². The SMILES string of the molecule is CCc1oc2ccccc2c1C[NH+](C)Cn1ncn(CC)c1=S. The molecule has 0 fully saturated rings. The molecule has 3 aromatic rings. The fourth-order valence-corrected chi connectivity index (χ4v) is 3.23. The van der Waals surface area contributed by atoms with Crippen molar-refractivity contribution < 1.29 is 9.32 Å². The molecule has 1 N–H and O–H groups in total. The minimum Gasteiger partial charge on any atom is -0.461 e. The van der Waals surface area contributed by atoms with Gasteiger partial charge in [0.05, 0.1) is 12.6 Å². The summed E-state index contributed by atoms with van der Waals surface area (Å²) in [5, 5.41) is 5.61. The quantitative estimate of drug-likeness (QED) is 0.705. The van der Waals surface area contributed by atoms with Gasteiger partial charge in [0.25, 0.3) is 0 Å². The molecule has 3 rings (SSSR count). The minimum absolute atomic E-state index is 0.745. The summed E-state index contributed by atoms with van der Waals surface area (Å²) in [7, 11) is 2.16. The molecule has 1 atom stereocenters. The van der Waals surface area contributed by atoms with Crippen molar-refractivity contribution in [2.24, 2.45) is 0 Å². The summed E-state index contributed by atoms with van der Waals surface area (Å²) in [6, 6.07) is 8.25. The van der Waals surface area contributed by atoms with Gasteiger partial charge in [0, 0.05) is 18.4 Å². The summed E-state index contributed by atoms with van der Waals surface area (Å²) in [4.78, 5) is 1.32. The van der Waals surface area contributed by atoms with Gasteiger partial charge in [-0.25, -0.2) is 0 Å². The second-order valence-corrected chi connectivity index (χ2v) is 6.21. The fraction of sp³-hybridized carbons (Fsp3) is 0.412. The molecule has 2 heterocycles. The number of fused-ring (bicyclic) bond motifs is 1. The third-order valence-corrected chi connectivity index (χ3v) is 4.58. The maximum atomic E-state index is 5.98. The predicted molar refractivity (Wildman–Crippen MR) is 92.9 cm³/mol. The van der Waals surface area contributed by atoms with Gasteiger partial charge in [-0.2, -0.15) is 9.78 Å². The Labute approximate surface area is 141 Å². The lowest BCUT2D eigenvalue weighted by Gasteiger charge is -2.14. The lowest BCUT2D eigenvalue weighted by Crippen LogP contribution is -3.07. The first-order valence-electron chi connectivity index (χ1n) is 8.06. The van der Waals surface area contributed by atoms with Crippen molar-refractivity contribution in [1.29, 1.82) is 0 Å². The first-order chi connectivity index (χ1) is 11.1. The van der Waals surface area contributed by atoms with Gasteiger partial charge in [-0.1, -0.05) is 25.1 Å². The number of hydrogen-bond acceptors (Lipinski definition) is 3. The topological polar surface area (TPSA) is 40.3 Å². The van der Waals surface area contributed by atoms with Gasteiger partial charge in [0.15, 0.2) is 6.67 Å². The number of rotatable bonds is 6. The first kappa shape index (κ1) is 16.0. The predicted octanol–water partition coefficient (Wildman–Crippen LogP) is 2.41. The van der Waals surface area contributed by atoms with Gasteiger partial charge < -0.3 is 13.9 Å². The Kier molecular flexibility index (Phi) is 4.63. The summed E-state index contributed by atoms with van der Waals surface area (Å²) < 4.78 is 10.6. The molecule has 0 saturated carbocycles. The molecule has 0 saturated heterocycles. The first-order valence-corrected chi connectivity index (χ1v) is 8.47. The van der Waals surface area contributed by atoms with Crippen LogP contribution in [0.3, 0.4) is 0 Å².